The van der Waals surface area contributed by atoms with Crippen molar-refractivity contribution < 1.29 is 19.4 Å². The van der Waals surface area contributed by atoms with Gasteiger partial charge >= 0.3 is 0 Å². The summed E-state index contributed by atoms with van der Waals surface area (Å²) in [6, 6.07) is 3.05. The van der Waals surface area contributed by atoms with E-state index in [0.29, 0.717) is 29.2 Å². The molecule has 0 saturated heterocycles. The molecule has 2 rings (SSSR count). The van der Waals surface area contributed by atoms with Crippen LogP contribution in [0.25, 0.3) is 0 Å². The lowest BCUT2D eigenvalue weighted by atomic mass is 9.64. The molecule has 2 atom stereocenters. The van der Waals surface area contributed by atoms with Crippen molar-refractivity contribution in [3.05, 3.63) is 17.7 Å². The summed E-state index contributed by atoms with van der Waals surface area (Å²) in [5.74, 6) is 0.647. The first-order chi connectivity index (χ1) is 9.81. The second kappa shape index (κ2) is 5.44. The maximum Gasteiger partial charge on any atom is 0.253 e. The van der Waals surface area contributed by atoms with E-state index in [1.807, 2.05) is 13.8 Å². The lowest BCUT2D eigenvalue weighted by molar-refractivity contribution is -0.0689. The Morgan fingerprint density at radius 2 is 1.90 bits per heavy atom. The van der Waals surface area contributed by atoms with Crippen LogP contribution in [0.4, 0.5) is 5.69 Å². The van der Waals surface area contributed by atoms with Crippen molar-refractivity contribution in [1.82, 2.24) is 5.32 Å². The predicted octanol–water partition coefficient (Wildman–Crippen LogP) is 1.18. The van der Waals surface area contributed by atoms with Crippen LogP contribution in [-0.4, -0.2) is 37.4 Å². The second-order valence-corrected chi connectivity index (χ2v) is 5.89. The van der Waals surface area contributed by atoms with E-state index in [4.69, 9.17) is 15.2 Å². The molecule has 2 unspecified atom stereocenters. The Hall–Kier alpha value is -1.95. The Kier molecular flexibility index (Phi) is 4.00. The number of hydrogen-bond acceptors (Lipinski definition) is 5. The maximum absolute atomic E-state index is 12.4. The molecule has 0 aromatic heterocycles. The van der Waals surface area contributed by atoms with Crippen LogP contribution in [0, 0.1) is 5.41 Å². The van der Waals surface area contributed by atoms with Gasteiger partial charge in [0, 0.05) is 23.2 Å². The van der Waals surface area contributed by atoms with Crippen LogP contribution in [0.1, 0.15) is 30.6 Å². The number of aliphatic hydroxyl groups excluding tert-OH is 1. The molecule has 1 aliphatic carbocycles. The Balaban J connectivity index is 2.20. The monoisotopic (exact) mass is 294 g/mol. The quantitative estimate of drug-likeness (QED) is 0.725. The summed E-state index contributed by atoms with van der Waals surface area (Å²) < 4.78 is 10.3. The first-order valence-electron chi connectivity index (χ1n) is 6.81. The number of methoxy groups -OCH3 is 2. The molecule has 0 heterocycles. The molecular formula is C15H22N2O4. The van der Waals surface area contributed by atoms with Crippen molar-refractivity contribution in [2.24, 2.45) is 5.41 Å². The molecular weight excluding hydrogens is 272 g/mol. The highest BCUT2D eigenvalue weighted by Gasteiger charge is 2.48. The van der Waals surface area contributed by atoms with E-state index in [1.54, 1.807) is 12.1 Å². The largest absolute Gasteiger partial charge is 0.493 e. The van der Waals surface area contributed by atoms with E-state index in [1.165, 1.54) is 14.2 Å². The molecule has 0 bridgehead atoms. The van der Waals surface area contributed by atoms with Crippen LogP contribution in [0.3, 0.4) is 0 Å². The lowest BCUT2D eigenvalue weighted by Gasteiger charge is -2.49. The van der Waals surface area contributed by atoms with Gasteiger partial charge < -0.3 is 25.6 Å². The fourth-order valence-electron chi connectivity index (χ4n) is 2.47. The van der Waals surface area contributed by atoms with Gasteiger partial charge in [-0.25, -0.2) is 0 Å². The van der Waals surface area contributed by atoms with Crippen molar-refractivity contribution in [1.29, 1.82) is 0 Å². The van der Waals surface area contributed by atoms with Crippen LogP contribution < -0.4 is 20.5 Å². The number of anilines is 1. The zero-order valence-corrected chi connectivity index (χ0v) is 12.8. The molecule has 1 aromatic rings. The minimum atomic E-state index is -0.398. The Morgan fingerprint density at radius 1 is 1.33 bits per heavy atom. The van der Waals surface area contributed by atoms with Gasteiger partial charge in [-0.3, -0.25) is 4.79 Å². The van der Waals surface area contributed by atoms with Crippen molar-refractivity contribution in [3.63, 3.8) is 0 Å². The molecule has 21 heavy (non-hydrogen) atoms. The molecule has 1 aromatic carbocycles. The number of nitrogens with two attached hydrogens (primary N) is 1. The Bertz CT molecular complexity index is 557. The highest BCUT2D eigenvalue weighted by Crippen LogP contribution is 2.41. The summed E-state index contributed by atoms with van der Waals surface area (Å²) in [5.41, 5.74) is 6.23. The molecule has 116 valence electrons. The number of amides is 1. The molecule has 6 heteroatoms. The first kappa shape index (κ1) is 15.4. The number of hydrogen-bond donors (Lipinski definition) is 3. The van der Waals surface area contributed by atoms with Crippen LogP contribution in [-0.2, 0) is 0 Å². The molecule has 1 saturated carbocycles. The van der Waals surface area contributed by atoms with Crippen LogP contribution in [0.2, 0.25) is 0 Å². The third kappa shape index (κ3) is 2.63. The number of nitrogen functional groups attached to an aromatic ring is 1. The zero-order valence-electron chi connectivity index (χ0n) is 12.8. The van der Waals surface area contributed by atoms with Gasteiger partial charge in [-0.15, -0.1) is 0 Å². The van der Waals surface area contributed by atoms with E-state index in [-0.39, 0.29) is 17.4 Å². The smallest absolute Gasteiger partial charge is 0.253 e. The van der Waals surface area contributed by atoms with Crippen molar-refractivity contribution in [2.45, 2.75) is 32.4 Å². The molecule has 6 nitrogen and oxygen atoms in total. The minimum Gasteiger partial charge on any atom is -0.493 e. The van der Waals surface area contributed by atoms with E-state index < -0.39 is 6.10 Å². The summed E-state index contributed by atoms with van der Waals surface area (Å²) in [6.45, 7) is 3.84. The number of ether oxygens (including phenoxy) is 2. The zero-order chi connectivity index (χ0) is 15.8. The molecule has 1 amide bonds. The summed E-state index contributed by atoms with van der Waals surface area (Å²) in [7, 11) is 3.01. The SMILES string of the molecule is COc1cc(N)c(C(=O)NC2CC(O)C2(C)C)cc1OC. The first-order valence-corrected chi connectivity index (χ1v) is 6.81. The molecule has 4 N–H and O–H groups in total. The fourth-order valence-corrected chi connectivity index (χ4v) is 2.47. The Morgan fingerprint density at radius 3 is 2.38 bits per heavy atom. The topological polar surface area (TPSA) is 93.8 Å². The van der Waals surface area contributed by atoms with Crippen molar-refractivity contribution in [3.8, 4) is 11.5 Å². The lowest BCUT2D eigenvalue weighted by Crippen LogP contribution is -2.61. The van der Waals surface area contributed by atoms with E-state index in [2.05, 4.69) is 5.32 Å². The van der Waals surface area contributed by atoms with E-state index >= 15 is 0 Å². The molecule has 0 aliphatic heterocycles. The fraction of sp³-hybridized carbons (Fsp3) is 0.533. The summed E-state index contributed by atoms with van der Waals surface area (Å²) in [5, 5.41) is 12.6. The standard InChI is InChI=1S/C15H22N2O4/c1-15(2)12(7-13(15)18)17-14(19)8-5-10(20-3)11(21-4)6-9(8)16/h5-6,12-13,18H,7,16H2,1-4H3,(H,17,19). The van der Waals surface area contributed by atoms with Gasteiger partial charge in [-0.1, -0.05) is 13.8 Å². The molecule has 0 radical (unpaired) electrons. The van der Waals surface area contributed by atoms with Crippen molar-refractivity contribution >= 4 is 11.6 Å². The second-order valence-electron chi connectivity index (χ2n) is 5.89. The Labute approximate surface area is 124 Å². The average molecular weight is 294 g/mol. The highest BCUT2D eigenvalue weighted by atomic mass is 16.5. The molecule has 0 spiro atoms. The summed E-state index contributed by atoms with van der Waals surface area (Å²) >= 11 is 0. The number of carbonyl (C=O) groups is 1. The number of carbonyl (C=O) groups excluding carboxylic acids is 1. The van der Waals surface area contributed by atoms with Gasteiger partial charge in [0.15, 0.2) is 11.5 Å². The van der Waals surface area contributed by atoms with Gasteiger partial charge in [0.05, 0.1) is 25.9 Å². The molecule has 1 aliphatic rings. The van der Waals surface area contributed by atoms with Gasteiger partial charge in [-0.2, -0.15) is 0 Å². The van der Waals surface area contributed by atoms with Crippen LogP contribution >= 0.6 is 0 Å². The van der Waals surface area contributed by atoms with Gasteiger partial charge in [0.1, 0.15) is 0 Å². The number of rotatable bonds is 4. The summed E-state index contributed by atoms with van der Waals surface area (Å²) in [4.78, 5) is 12.4. The van der Waals surface area contributed by atoms with Gasteiger partial charge in [0.2, 0.25) is 0 Å². The van der Waals surface area contributed by atoms with E-state index in [0.717, 1.165) is 0 Å². The van der Waals surface area contributed by atoms with E-state index in [9.17, 15) is 9.90 Å². The third-order valence-corrected chi connectivity index (χ3v) is 4.32. The minimum absolute atomic E-state index is 0.0764. The predicted molar refractivity (Wildman–Crippen MR) is 79.6 cm³/mol. The van der Waals surface area contributed by atoms with Crippen molar-refractivity contribution in [2.75, 3.05) is 20.0 Å². The number of nitrogens with one attached hydrogen (secondary N) is 1. The number of benzene rings is 1. The highest BCUT2D eigenvalue weighted by molar-refractivity contribution is 6.00. The van der Waals surface area contributed by atoms with Gasteiger partial charge in [0.25, 0.3) is 5.91 Å². The normalized spacial score (nSPS) is 23.1. The van der Waals surface area contributed by atoms with Gasteiger partial charge in [-0.05, 0) is 12.5 Å². The average Bonchev–Trinajstić information content (AvgIpc) is 2.46. The number of aliphatic hydroxyl groups is 1. The maximum atomic E-state index is 12.4. The van der Waals surface area contributed by atoms with Crippen LogP contribution in [0.15, 0.2) is 12.1 Å². The third-order valence-electron chi connectivity index (χ3n) is 4.32. The summed E-state index contributed by atoms with van der Waals surface area (Å²) in [6.07, 6.45) is 0.150. The molecule has 1 fully saturated rings. The van der Waals surface area contributed by atoms with Crippen LogP contribution in [0.5, 0.6) is 11.5 Å².